The molecule has 1 aliphatic carbocycles. The minimum atomic E-state index is -4.68. The van der Waals surface area contributed by atoms with Crippen LogP contribution in [0.5, 0.6) is 0 Å². The first kappa shape index (κ1) is 30.3. The second kappa shape index (κ2) is 11.8. The van der Waals surface area contributed by atoms with Gasteiger partial charge in [-0.05, 0) is 92.0 Å². The molecule has 0 fully saturated rings. The number of hydrogen-bond donors (Lipinski definition) is 3. The molecule has 3 aromatic rings. The highest BCUT2D eigenvalue weighted by atomic mass is 32.2. The molecular formula is C32H36F3N3O3S. The van der Waals surface area contributed by atoms with Crippen molar-refractivity contribution >= 4 is 15.9 Å². The molecule has 0 bridgehead atoms. The number of alkyl halides is 3. The minimum Gasteiger partial charge on any atom is -0.349 e. The first-order valence-corrected chi connectivity index (χ1v) is 15.7. The van der Waals surface area contributed by atoms with E-state index in [0.717, 1.165) is 55.1 Å². The van der Waals surface area contributed by atoms with Gasteiger partial charge in [0.05, 0.1) is 16.5 Å². The van der Waals surface area contributed by atoms with Gasteiger partial charge in [-0.25, -0.2) is 13.1 Å². The molecule has 224 valence electrons. The SMILES string of the molecule is CC1(C)NCc2ccc3c(c21)CCC[C@H]3NC(=O)C[C@H](CCc1ccccc1)NS(=O)(=O)c1cccc(C(F)(F)F)c1. The number of sulfonamides is 1. The number of aryl methyl sites for hydroxylation is 1. The van der Waals surface area contributed by atoms with Crippen LogP contribution in [-0.4, -0.2) is 20.4 Å². The fraction of sp³-hybridized carbons (Fsp3) is 0.406. The highest BCUT2D eigenvalue weighted by Gasteiger charge is 2.36. The molecule has 10 heteroatoms. The molecule has 2 aliphatic rings. The largest absolute Gasteiger partial charge is 0.416 e. The molecule has 0 spiro atoms. The highest BCUT2D eigenvalue weighted by molar-refractivity contribution is 7.89. The van der Waals surface area contributed by atoms with Crippen LogP contribution in [0.4, 0.5) is 13.2 Å². The third-order valence-electron chi connectivity index (χ3n) is 8.26. The van der Waals surface area contributed by atoms with E-state index in [-0.39, 0.29) is 23.9 Å². The molecule has 1 heterocycles. The number of nitrogens with one attached hydrogen (secondary N) is 3. The van der Waals surface area contributed by atoms with E-state index in [4.69, 9.17) is 0 Å². The van der Waals surface area contributed by atoms with Gasteiger partial charge in [0.25, 0.3) is 0 Å². The van der Waals surface area contributed by atoms with Crippen LogP contribution in [-0.2, 0) is 45.9 Å². The van der Waals surface area contributed by atoms with Gasteiger partial charge in [-0.15, -0.1) is 0 Å². The number of rotatable bonds is 9. The molecule has 1 aliphatic heterocycles. The number of fused-ring (bicyclic) bond motifs is 3. The number of benzene rings is 3. The summed E-state index contributed by atoms with van der Waals surface area (Å²) in [6, 6.07) is 16.3. The van der Waals surface area contributed by atoms with Crippen LogP contribution >= 0.6 is 0 Å². The smallest absolute Gasteiger partial charge is 0.349 e. The minimum absolute atomic E-state index is 0.144. The summed E-state index contributed by atoms with van der Waals surface area (Å²) in [7, 11) is -4.33. The lowest BCUT2D eigenvalue weighted by Gasteiger charge is -2.32. The van der Waals surface area contributed by atoms with Crippen LogP contribution in [0.1, 0.15) is 79.0 Å². The number of amides is 1. The van der Waals surface area contributed by atoms with Gasteiger partial charge in [0.15, 0.2) is 0 Å². The van der Waals surface area contributed by atoms with Gasteiger partial charge < -0.3 is 10.6 Å². The third-order valence-corrected chi connectivity index (χ3v) is 9.78. The lowest BCUT2D eigenvalue weighted by atomic mass is 9.79. The molecule has 0 radical (unpaired) electrons. The first-order valence-electron chi connectivity index (χ1n) is 14.3. The van der Waals surface area contributed by atoms with Crippen molar-refractivity contribution in [3.05, 3.63) is 100 Å². The zero-order valence-electron chi connectivity index (χ0n) is 23.7. The zero-order chi connectivity index (χ0) is 30.1. The molecule has 42 heavy (non-hydrogen) atoms. The van der Waals surface area contributed by atoms with Crippen molar-refractivity contribution in [2.45, 2.75) is 87.6 Å². The summed E-state index contributed by atoms with van der Waals surface area (Å²) >= 11 is 0. The van der Waals surface area contributed by atoms with Crippen LogP contribution in [0, 0.1) is 0 Å². The van der Waals surface area contributed by atoms with Crippen molar-refractivity contribution in [1.82, 2.24) is 15.4 Å². The molecule has 1 amide bonds. The number of carbonyl (C=O) groups excluding carboxylic acids is 1. The quantitative estimate of drug-likeness (QED) is 0.286. The van der Waals surface area contributed by atoms with Crippen molar-refractivity contribution in [3.8, 4) is 0 Å². The van der Waals surface area contributed by atoms with E-state index in [1.54, 1.807) is 0 Å². The van der Waals surface area contributed by atoms with E-state index in [2.05, 4.69) is 41.3 Å². The van der Waals surface area contributed by atoms with Crippen LogP contribution in [0.25, 0.3) is 0 Å². The molecule has 0 unspecified atom stereocenters. The number of hydrogen-bond acceptors (Lipinski definition) is 4. The van der Waals surface area contributed by atoms with E-state index >= 15 is 0 Å². The topological polar surface area (TPSA) is 87.3 Å². The van der Waals surface area contributed by atoms with Crippen molar-refractivity contribution in [3.63, 3.8) is 0 Å². The summed E-state index contributed by atoms with van der Waals surface area (Å²) in [5.74, 6) is -0.310. The Morgan fingerprint density at radius 1 is 1.07 bits per heavy atom. The Morgan fingerprint density at radius 2 is 1.83 bits per heavy atom. The molecule has 2 atom stereocenters. The number of halogens is 3. The van der Waals surface area contributed by atoms with E-state index in [0.29, 0.717) is 18.9 Å². The van der Waals surface area contributed by atoms with E-state index in [1.807, 2.05) is 30.3 Å². The standard InChI is InChI=1S/C32H36F3N3O3S/c1-31(2)30-22(20-36-31)15-17-26-27(30)12-7-13-28(26)37-29(39)19-24(16-14-21-8-4-3-5-9-21)38-42(40,41)25-11-6-10-23(18-25)32(33,34)35/h3-6,8-11,15,17-18,24,28,36,38H,7,12-14,16,19-20H2,1-2H3,(H,37,39)/t24-,28+/m0/s1. The van der Waals surface area contributed by atoms with Gasteiger partial charge in [0.2, 0.25) is 15.9 Å². The average Bonchev–Trinajstić information content (AvgIpc) is 3.26. The Kier molecular flexibility index (Phi) is 8.51. The third kappa shape index (κ3) is 6.71. The van der Waals surface area contributed by atoms with Gasteiger partial charge in [0, 0.05) is 24.5 Å². The van der Waals surface area contributed by atoms with E-state index in [1.165, 1.54) is 16.7 Å². The summed E-state index contributed by atoms with van der Waals surface area (Å²) in [5, 5.41) is 6.69. The monoisotopic (exact) mass is 599 g/mol. The summed E-state index contributed by atoms with van der Waals surface area (Å²) in [6.07, 6.45) is -1.41. The fourth-order valence-corrected chi connectivity index (χ4v) is 7.54. The molecule has 0 aromatic heterocycles. The fourth-order valence-electron chi connectivity index (χ4n) is 6.22. The Labute approximate surface area is 245 Å². The van der Waals surface area contributed by atoms with Crippen molar-refractivity contribution < 1.29 is 26.4 Å². The Bertz CT molecular complexity index is 1560. The Hall–Kier alpha value is -3.21. The maximum atomic E-state index is 13.4. The second-order valence-corrected chi connectivity index (χ2v) is 13.4. The lowest BCUT2D eigenvalue weighted by molar-refractivity contribution is -0.137. The first-order chi connectivity index (χ1) is 19.8. The van der Waals surface area contributed by atoms with Crippen molar-refractivity contribution in [1.29, 1.82) is 0 Å². The van der Waals surface area contributed by atoms with Crippen LogP contribution in [0.2, 0.25) is 0 Å². The van der Waals surface area contributed by atoms with Crippen LogP contribution in [0.3, 0.4) is 0 Å². The lowest BCUT2D eigenvalue weighted by Crippen LogP contribution is -2.41. The highest BCUT2D eigenvalue weighted by Crippen LogP contribution is 2.41. The average molecular weight is 600 g/mol. The number of carbonyl (C=O) groups is 1. The molecule has 0 saturated carbocycles. The van der Waals surface area contributed by atoms with Gasteiger partial charge in [-0.3, -0.25) is 4.79 Å². The van der Waals surface area contributed by atoms with Crippen LogP contribution < -0.4 is 15.4 Å². The normalized spacial score (nSPS) is 18.6. The van der Waals surface area contributed by atoms with E-state index in [9.17, 15) is 26.4 Å². The molecule has 6 nitrogen and oxygen atoms in total. The Morgan fingerprint density at radius 3 is 2.57 bits per heavy atom. The van der Waals surface area contributed by atoms with Crippen LogP contribution in [0.15, 0.2) is 71.6 Å². The molecular weight excluding hydrogens is 563 g/mol. The van der Waals surface area contributed by atoms with Gasteiger partial charge in [0.1, 0.15) is 0 Å². The molecule has 0 saturated heterocycles. The zero-order valence-corrected chi connectivity index (χ0v) is 24.5. The Balaban J connectivity index is 1.35. The van der Waals surface area contributed by atoms with E-state index < -0.39 is 32.7 Å². The predicted molar refractivity (Wildman–Crippen MR) is 155 cm³/mol. The predicted octanol–water partition coefficient (Wildman–Crippen LogP) is 5.91. The van der Waals surface area contributed by atoms with Crippen molar-refractivity contribution in [2.75, 3.05) is 0 Å². The van der Waals surface area contributed by atoms with Gasteiger partial charge >= 0.3 is 6.18 Å². The molecule has 3 aromatic carbocycles. The maximum Gasteiger partial charge on any atom is 0.416 e. The summed E-state index contributed by atoms with van der Waals surface area (Å²) in [6.45, 7) is 5.13. The summed E-state index contributed by atoms with van der Waals surface area (Å²) in [5.41, 5.74) is 4.69. The van der Waals surface area contributed by atoms with Crippen molar-refractivity contribution in [2.24, 2.45) is 0 Å². The van der Waals surface area contributed by atoms with Gasteiger partial charge in [-0.2, -0.15) is 13.2 Å². The maximum absolute atomic E-state index is 13.4. The van der Waals surface area contributed by atoms with Gasteiger partial charge in [-0.1, -0.05) is 48.5 Å². The second-order valence-electron chi connectivity index (χ2n) is 11.7. The summed E-state index contributed by atoms with van der Waals surface area (Å²) in [4.78, 5) is 12.9. The molecule has 3 N–H and O–H groups in total. The summed E-state index contributed by atoms with van der Waals surface area (Å²) < 4.78 is 68.8. The molecule has 5 rings (SSSR count).